The average molecular weight is 363 g/mol. The van der Waals surface area contributed by atoms with Crippen LogP contribution in [-0.4, -0.2) is 42.0 Å². The Labute approximate surface area is 152 Å². The van der Waals surface area contributed by atoms with Crippen molar-refractivity contribution in [2.24, 2.45) is 0 Å². The number of aryl methyl sites for hydroxylation is 2. The largest absolute Gasteiger partial charge is 0.364 e. The van der Waals surface area contributed by atoms with Gasteiger partial charge in [-0.1, -0.05) is 5.16 Å². The number of aromatic nitrogens is 1. The number of carbonyl (C=O) groups is 2. The summed E-state index contributed by atoms with van der Waals surface area (Å²) >= 11 is 1.64. The molecule has 2 rings (SSSR count). The highest BCUT2D eigenvalue weighted by Gasteiger charge is 2.30. The Balaban J connectivity index is 1.82. The predicted molar refractivity (Wildman–Crippen MR) is 97.7 cm³/mol. The molecule has 6 nitrogen and oxygen atoms in total. The second-order valence-electron chi connectivity index (χ2n) is 6.76. The highest BCUT2D eigenvalue weighted by molar-refractivity contribution is 7.10. The zero-order chi connectivity index (χ0) is 18.6. The van der Waals surface area contributed by atoms with E-state index in [9.17, 15) is 9.59 Å². The quantitative estimate of drug-likeness (QED) is 0.820. The number of carbonyl (C=O) groups excluding carboxylic acids is 2. The van der Waals surface area contributed by atoms with Crippen LogP contribution in [0, 0.1) is 13.8 Å². The molecule has 0 saturated carbocycles. The van der Waals surface area contributed by atoms with Crippen LogP contribution in [0.4, 0.5) is 0 Å². The lowest BCUT2D eigenvalue weighted by Gasteiger charge is -2.24. The third-order valence-electron chi connectivity index (χ3n) is 4.34. The van der Waals surface area contributed by atoms with Crippen molar-refractivity contribution in [3.05, 3.63) is 39.4 Å². The first-order valence-corrected chi connectivity index (χ1v) is 9.07. The van der Waals surface area contributed by atoms with E-state index < -0.39 is 5.41 Å². The van der Waals surface area contributed by atoms with Gasteiger partial charge in [0.25, 0.3) is 0 Å². The SMILES string of the molecule is Cc1cc(C(C)(C)C(=O)NCCN(C)C(=O)Cc2nocc2C)cs1. The Morgan fingerprint density at radius 3 is 2.64 bits per heavy atom. The summed E-state index contributed by atoms with van der Waals surface area (Å²) < 4.78 is 4.84. The summed E-state index contributed by atoms with van der Waals surface area (Å²) in [6, 6.07) is 2.04. The molecular weight excluding hydrogens is 338 g/mol. The fourth-order valence-corrected chi connectivity index (χ4v) is 3.21. The molecule has 1 N–H and O–H groups in total. The number of thiophene rings is 1. The molecule has 2 aromatic rings. The van der Waals surface area contributed by atoms with E-state index in [0.29, 0.717) is 18.8 Å². The molecule has 7 heteroatoms. The maximum atomic E-state index is 12.5. The standard InChI is InChI=1S/C18H25N3O3S/c1-12-10-24-20-15(12)9-16(22)21(5)7-6-19-17(23)18(3,4)14-8-13(2)25-11-14/h8,10-11H,6-7,9H2,1-5H3,(H,19,23). The van der Waals surface area contributed by atoms with E-state index in [0.717, 1.165) is 11.1 Å². The van der Waals surface area contributed by atoms with Crippen molar-refractivity contribution < 1.29 is 14.1 Å². The molecule has 0 aliphatic carbocycles. The monoisotopic (exact) mass is 363 g/mol. The van der Waals surface area contributed by atoms with Crippen molar-refractivity contribution in [1.29, 1.82) is 0 Å². The summed E-state index contributed by atoms with van der Waals surface area (Å²) in [5.74, 6) is -0.0996. The fraction of sp³-hybridized carbons (Fsp3) is 0.500. The van der Waals surface area contributed by atoms with Crippen molar-refractivity contribution in [3.8, 4) is 0 Å². The number of hydrogen-bond acceptors (Lipinski definition) is 5. The first-order valence-electron chi connectivity index (χ1n) is 8.19. The summed E-state index contributed by atoms with van der Waals surface area (Å²) in [7, 11) is 1.72. The van der Waals surface area contributed by atoms with Gasteiger partial charge in [-0.2, -0.15) is 0 Å². The maximum Gasteiger partial charge on any atom is 0.230 e. The van der Waals surface area contributed by atoms with E-state index in [4.69, 9.17) is 4.52 Å². The lowest BCUT2D eigenvalue weighted by Crippen LogP contribution is -2.43. The highest BCUT2D eigenvalue weighted by atomic mass is 32.1. The molecule has 0 unspecified atom stereocenters. The van der Waals surface area contributed by atoms with Gasteiger partial charge in [0, 0.05) is 30.6 Å². The molecule has 0 spiro atoms. The van der Waals surface area contributed by atoms with E-state index in [1.165, 1.54) is 11.1 Å². The number of nitrogens with one attached hydrogen (secondary N) is 1. The lowest BCUT2D eigenvalue weighted by molar-refractivity contribution is -0.130. The summed E-state index contributed by atoms with van der Waals surface area (Å²) in [6.07, 6.45) is 1.73. The number of nitrogens with zero attached hydrogens (tertiary/aromatic N) is 2. The normalized spacial score (nSPS) is 11.4. The first kappa shape index (κ1) is 19.2. The van der Waals surface area contributed by atoms with Crippen LogP contribution in [0.3, 0.4) is 0 Å². The van der Waals surface area contributed by atoms with E-state index in [2.05, 4.69) is 10.5 Å². The summed E-state index contributed by atoms with van der Waals surface area (Å²) in [6.45, 7) is 8.55. The van der Waals surface area contributed by atoms with Gasteiger partial charge < -0.3 is 14.7 Å². The Morgan fingerprint density at radius 2 is 2.08 bits per heavy atom. The average Bonchev–Trinajstić information content (AvgIpc) is 3.16. The second-order valence-corrected chi connectivity index (χ2v) is 7.88. The van der Waals surface area contributed by atoms with Gasteiger partial charge in [0.1, 0.15) is 6.26 Å². The van der Waals surface area contributed by atoms with Crippen LogP contribution in [-0.2, 0) is 21.4 Å². The molecule has 0 fully saturated rings. The minimum atomic E-state index is -0.592. The molecule has 0 radical (unpaired) electrons. The molecule has 2 heterocycles. The molecule has 0 saturated heterocycles. The van der Waals surface area contributed by atoms with E-state index in [-0.39, 0.29) is 18.2 Å². The Kier molecular flexibility index (Phi) is 6.00. The molecule has 136 valence electrons. The van der Waals surface area contributed by atoms with Crippen molar-refractivity contribution in [1.82, 2.24) is 15.4 Å². The summed E-state index contributed by atoms with van der Waals surface area (Å²) in [4.78, 5) is 27.5. The second kappa shape index (κ2) is 7.82. The van der Waals surface area contributed by atoms with E-state index in [1.54, 1.807) is 23.3 Å². The minimum Gasteiger partial charge on any atom is -0.364 e. The number of likely N-dealkylation sites (N-methyl/N-ethyl adjacent to an activating group) is 1. The first-order chi connectivity index (χ1) is 11.7. The Morgan fingerprint density at radius 1 is 1.36 bits per heavy atom. The lowest BCUT2D eigenvalue weighted by atomic mass is 9.85. The molecule has 25 heavy (non-hydrogen) atoms. The highest BCUT2D eigenvalue weighted by Crippen LogP contribution is 2.27. The summed E-state index contributed by atoms with van der Waals surface area (Å²) in [5.41, 5.74) is 1.93. The van der Waals surface area contributed by atoms with Crippen LogP contribution >= 0.6 is 11.3 Å². The van der Waals surface area contributed by atoms with Gasteiger partial charge in [0.2, 0.25) is 11.8 Å². The van der Waals surface area contributed by atoms with E-state index >= 15 is 0 Å². The van der Waals surface area contributed by atoms with Crippen LogP contribution < -0.4 is 5.32 Å². The van der Waals surface area contributed by atoms with Crippen molar-refractivity contribution in [2.45, 2.75) is 39.5 Å². The van der Waals surface area contributed by atoms with Gasteiger partial charge in [-0.3, -0.25) is 9.59 Å². The maximum absolute atomic E-state index is 12.5. The third kappa shape index (κ3) is 4.69. The number of rotatable bonds is 7. The van der Waals surface area contributed by atoms with Gasteiger partial charge >= 0.3 is 0 Å². The van der Waals surface area contributed by atoms with Crippen LogP contribution in [0.25, 0.3) is 0 Å². The molecular formula is C18H25N3O3S. The Bertz CT molecular complexity index is 748. The molecule has 0 atom stereocenters. The Hall–Kier alpha value is -2.15. The smallest absolute Gasteiger partial charge is 0.230 e. The minimum absolute atomic E-state index is 0.0431. The summed E-state index contributed by atoms with van der Waals surface area (Å²) in [5, 5.41) is 8.77. The number of amides is 2. The predicted octanol–water partition coefficient (Wildman–Crippen LogP) is 2.45. The van der Waals surface area contributed by atoms with Crippen LogP contribution in [0.1, 0.15) is 35.5 Å². The van der Waals surface area contributed by atoms with Crippen molar-refractivity contribution in [3.63, 3.8) is 0 Å². The zero-order valence-corrected chi connectivity index (χ0v) is 16.2. The molecule has 0 bridgehead atoms. The van der Waals surface area contributed by atoms with Crippen molar-refractivity contribution in [2.75, 3.05) is 20.1 Å². The molecule has 0 aromatic carbocycles. The van der Waals surface area contributed by atoms with Crippen LogP contribution in [0.5, 0.6) is 0 Å². The van der Waals surface area contributed by atoms with Gasteiger partial charge in [-0.15, -0.1) is 11.3 Å². The molecule has 0 aliphatic rings. The zero-order valence-electron chi connectivity index (χ0n) is 15.4. The molecule has 2 aromatic heterocycles. The topological polar surface area (TPSA) is 75.4 Å². The fourth-order valence-electron chi connectivity index (χ4n) is 2.34. The van der Waals surface area contributed by atoms with E-state index in [1.807, 2.05) is 39.1 Å². The van der Waals surface area contributed by atoms with Gasteiger partial charge in [-0.25, -0.2) is 0 Å². The number of hydrogen-bond donors (Lipinski definition) is 1. The van der Waals surface area contributed by atoms with Crippen LogP contribution in [0.15, 0.2) is 22.2 Å². The molecule has 2 amide bonds. The van der Waals surface area contributed by atoms with Gasteiger partial charge in [-0.05, 0) is 44.7 Å². The van der Waals surface area contributed by atoms with Gasteiger partial charge in [0.05, 0.1) is 17.5 Å². The molecule has 0 aliphatic heterocycles. The van der Waals surface area contributed by atoms with Crippen LogP contribution in [0.2, 0.25) is 0 Å². The van der Waals surface area contributed by atoms with Crippen molar-refractivity contribution >= 4 is 23.2 Å². The third-order valence-corrected chi connectivity index (χ3v) is 5.21. The van der Waals surface area contributed by atoms with Gasteiger partial charge in [0.15, 0.2) is 0 Å².